The lowest BCUT2D eigenvalue weighted by atomic mass is 9.98. The Balaban J connectivity index is 2.06. The van der Waals surface area contributed by atoms with E-state index < -0.39 is 23.2 Å². The lowest BCUT2D eigenvalue weighted by molar-refractivity contribution is -0.127. The van der Waals surface area contributed by atoms with Gasteiger partial charge in [-0.1, -0.05) is 6.07 Å². The Morgan fingerprint density at radius 3 is 2.79 bits per heavy atom. The minimum absolute atomic E-state index is 0.170. The van der Waals surface area contributed by atoms with E-state index in [1.807, 2.05) is 0 Å². The molecule has 2 rings (SSSR count). The monoisotopic (exact) mass is 270 g/mol. The summed E-state index contributed by atoms with van der Waals surface area (Å²) in [5.41, 5.74) is 5.36. The van der Waals surface area contributed by atoms with Crippen LogP contribution in [0.3, 0.4) is 0 Å². The molecule has 0 bridgehead atoms. The van der Waals surface area contributed by atoms with Crippen molar-refractivity contribution < 1.29 is 18.3 Å². The van der Waals surface area contributed by atoms with Gasteiger partial charge < -0.3 is 15.8 Å². The van der Waals surface area contributed by atoms with E-state index in [1.165, 1.54) is 6.07 Å². The number of amides is 1. The summed E-state index contributed by atoms with van der Waals surface area (Å²) in [4.78, 5) is 12.0. The molecule has 1 aromatic rings. The van der Waals surface area contributed by atoms with E-state index in [0.29, 0.717) is 18.6 Å². The highest BCUT2D eigenvalue weighted by atomic mass is 19.2. The summed E-state index contributed by atoms with van der Waals surface area (Å²) < 4.78 is 31.1. The number of carbonyl (C=O) groups excluding carboxylic acids is 1. The van der Waals surface area contributed by atoms with Crippen LogP contribution < -0.4 is 11.1 Å². The summed E-state index contributed by atoms with van der Waals surface area (Å²) in [7, 11) is 0. The average Bonchev–Trinajstić information content (AvgIpc) is 2.81. The van der Waals surface area contributed by atoms with E-state index >= 15 is 0 Å². The Hall–Kier alpha value is -1.53. The summed E-state index contributed by atoms with van der Waals surface area (Å²) in [6, 6.07) is 3.07. The molecule has 1 aliphatic heterocycles. The molecule has 104 valence electrons. The first-order valence-corrected chi connectivity index (χ1v) is 6.05. The number of hydrogen-bond acceptors (Lipinski definition) is 3. The number of carbonyl (C=O) groups is 1. The molecule has 2 atom stereocenters. The molecule has 4 nitrogen and oxygen atoms in total. The summed E-state index contributed by atoms with van der Waals surface area (Å²) in [5.74, 6) is -2.20. The molecule has 19 heavy (non-hydrogen) atoms. The summed E-state index contributed by atoms with van der Waals surface area (Å²) in [5, 5.41) is 2.69. The minimum atomic E-state index is -1.03. The maximum atomic E-state index is 13.1. The molecule has 0 aromatic heterocycles. The number of ether oxygens (including phenoxy) is 1. The zero-order valence-corrected chi connectivity index (χ0v) is 10.6. The van der Waals surface area contributed by atoms with Crippen LogP contribution in [0, 0.1) is 11.6 Å². The second kappa shape index (κ2) is 5.22. The molecule has 6 heteroatoms. The van der Waals surface area contributed by atoms with Gasteiger partial charge in [0.25, 0.3) is 0 Å². The van der Waals surface area contributed by atoms with Gasteiger partial charge in [0.15, 0.2) is 11.6 Å². The SMILES string of the molecule is CC(NC(=O)C1(N)CCOC1)c1ccc(F)c(F)c1. The number of rotatable bonds is 3. The van der Waals surface area contributed by atoms with Crippen LogP contribution >= 0.6 is 0 Å². The van der Waals surface area contributed by atoms with Gasteiger partial charge in [0.1, 0.15) is 5.54 Å². The largest absolute Gasteiger partial charge is 0.379 e. The highest BCUT2D eigenvalue weighted by Crippen LogP contribution is 2.20. The fourth-order valence-electron chi connectivity index (χ4n) is 1.97. The van der Waals surface area contributed by atoms with Crippen molar-refractivity contribution in [2.24, 2.45) is 5.73 Å². The van der Waals surface area contributed by atoms with Crippen LogP contribution in [-0.4, -0.2) is 24.7 Å². The Labute approximate surface area is 109 Å². The third-order valence-corrected chi connectivity index (χ3v) is 3.30. The van der Waals surface area contributed by atoms with Crippen molar-refractivity contribution in [3.05, 3.63) is 35.4 Å². The quantitative estimate of drug-likeness (QED) is 0.869. The van der Waals surface area contributed by atoms with Gasteiger partial charge in [0, 0.05) is 6.61 Å². The number of nitrogens with one attached hydrogen (secondary N) is 1. The van der Waals surface area contributed by atoms with Gasteiger partial charge in [0.05, 0.1) is 12.6 Å². The third-order valence-electron chi connectivity index (χ3n) is 3.30. The molecule has 1 saturated heterocycles. The van der Waals surface area contributed by atoms with Crippen molar-refractivity contribution in [2.75, 3.05) is 13.2 Å². The van der Waals surface area contributed by atoms with Crippen molar-refractivity contribution in [3.8, 4) is 0 Å². The number of hydrogen-bond donors (Lipinski definition) is 2. The first-order valence-electron chi connectivity index (χ1n) is 6.05. The van der Waals surface area contributed by atoms with Gasteiger partial charge in [-0.25, -0.2) is 8.78 Å². The fourth-order valence-corrected chi connectivity index (χ4v) is 1.97. The highest BCUT2D eigenvalue weighted by Gasteiger charge is 2.38. The molecular formula is C13H16F2N2O2. The van der Waals surface area contributed by atoms with E-state index in [1.54, 1.807) is 6.92 Å². The van der Waals surface area contributed by atoms with E-state index in [2.05, 4.69) is 5.32 Å². The predicted molar refractivity (Wildman–Crippen MR) is 65.3 cm³/mol. The maximum Gasteiger partial charge on any atom is 0.243 e. The number of nitrogens with two attached hydrogens (primary N) is 1. The van der Waals surface area contributed by atoms with Gasteiger partial charge >= 0.3 is 0 Å². The number of benzene rings is 1. The van der Waals surface area contributed by atoms with Crippen LogP contribution in [0.1, 0.15) is 24.9 Å². The molecule has 1 fully saturated rings. The normalized spacial score (nSPS) is 24.2. The van der Waals surface area contributed by atoms with Crippen molar-refractivity contribution in [3.63, 3.8) is 0 Å². The molecule has 2 unspecified atom stereocenters. The highest BCUT2D eigenvalue weighted by molar-refractivity contribution is 5.86. The van der Waals surface area contributed by atoms with Gasteiger partial charge in [-0.15, -0.1) is 0 Å². The predicted octanol–water partition coefficient (Wildman–Crippen LogP) is 1.26. The van der Waals surface area contributed by atoms with Crippen LogP contribution in [0.5, 0.6) is 0 Å². The topological polar surface area (TPSA) is 64.4 Å². The van der Waals surface area contributed by atoms with Gasteiger partial charge in [-0.05, 0) is 31.0 Å². The van der Waals surface area contributed by atoms with Gasteiger partial charge in [0.2, 0.25) is 5.91 Å². The molecule has 1 heterocycles. The first kappa shape index (κ1) is 13.9. The molecule has 0 aliphatic carbocycles. The van der Waals surface area contributed by atoms with Crippen molar-refractivity contribution in [2.45, 2.75) is 24.9 Å². The molecule has 1 aromatic carbocycles. The molecule has 1 aliphatic rings. The summed E-state index contributed by atoms with van der Waals surface area (Å²) in [6.07, 6.45) is 0.448. The van der Waals surface area contributed by atoms with Crippen LogP contribution in [-0.2, 0) is 9.53 Å². The van der Waals surface area contributed by atoms with Crippen molar-refractivity contribution in [1.29, 1.82) is 0 Å². The molecule has 0 saturated carbocycles. The van der Waals surface area contributed by atoms with Crippen LogP contribution in [0.2, 0.25) is 0 Å². The Morgan fingerprint density at radius 1 is 1.47 bits per heavy atom. The summed E-state index contributed by atoms with van der Waals surface area (Å²) >= 11 is 0. The molecule has 1 amide bonds. The molecular weight excluding hydrogens is 254 g/mol. The number of halogens is 2. The van der Waals surface area contributed by atoms with Crippen LogP contribution in [0.4, 0.5) is 8.78 Å². The fraction of sp³-hybridized carbons (Fsp3) is 0.462. The van der Waals surface area contributed by atoms with Crippen molar-refractivity contribution >= 4 is 5.91 Å². The minimum Gasteiger partial charge on any atom is -0.379 e. The Morgan fingerprint density at radius 2 is 2.21 bits per heavy atom. The van der Waals surface area contributed by atoms with E-state index in [-0.39, 0.29) is 12.5 Å². The van der Waals surface area contributed by atoms with Crippen LogP contribution in [0.15, 0.2) is 18.2 Å². The third kappa shape index (κ3) is 2.90. The second-order valence-corrected chi connectivity index (χ2v) is 4.83. The molecule has 3 N–H and O–H groups in total. The standard InChI is InChI=1S/C13H16F2N2O2/c1-8(9-2-3-10(14)11(15)6-9)17-12(18)13(16)4-5-19-7-13/h2-3,6,8H,4-5,7,16H2,1H3,(H,17,18). The average molecular weight is 270 g/mol. The molecule has 0 spiro atoms. The van der Waals surface area contributed by atoms with Crippen LogP contribution in [0.25, 0.3) is 0 Å². The Kier molecular flexibility index (Phi) is 3.82. The summed E-state index contributed by atoms with van der Waals surface area (Å²) in [6.45, 7) is 2.30. The maximum absolute atomic E-state index is 13.1. The lowest BCUT2D eigenvalue weighted by Gasteiger charge is -2.24. The Bertz CT molecular complexity index is 488. The smallest absolute Gasteiger partial charge is 0.243 e. The molecule has 0 radical (unpaired) electrons. The van der Waals surface area contributed by atoms with E-state index in [9.17, 15) is 13.6 Å². The second-order valence-electron chi connectivity index (χ2n) is 4.83. The van der Waals surface area contributed by atoms with Gasteiger partial charge in [-0.2, -0.15) is 0 Å². The van der Waals surface area contributed by atoms with Gasteiger partial charge in [-0.3, -0.25) is 4.79 Å². The van der Waals surface area contributed by atoms with E-state index in [0.717, 1.165) is 12.1 Å². The van der Waals surface area contributed by atoms with E-state index in [4.69, 9.17) is 10.5 Å². The zero-order valence-electron chi connectivity index (χ0n) is 10.6. The first-order chi connectivity index (χ1) is 8.92. The van der Waals surface area contributed by atoms with Crippen molar-refractivity contribution in [1.82, 2.24) is 5.32 Å². The zero-order chi connectivity index (χ0) is 14.0. The lowest BCUT2D eigenvalue weighted by Crippen LogP contribution is -2.54.